The Morgan fingerprint density at radius 1 is 1.13 bits per heavy atom. The Bertz CT molecular complexity index is 1020. The van der Waals surface area contributed by atoms with Gasteiger partial charge in [0.15, 0.2) is 5.82 Å². The van der Waals surface area contributed by atoms with E-state index in [0.717, 1.165) is 24.3 Å². The first-order valence-electron chi connectivity index (χ1n) is 10.3. The Kier molecular flexibility index (Phi) is 4.66. The zero-order chi connectivity index (χ0) is 20.8. The lowest BCUT2D eigenvalue weighted by atomic mass is 9.96. The monoisotopic (exact) mass is 408 g/mol. The molecule has 2 aromatic heterocycles. The van der Waals surface area contributed by atoms with E-state index in [2.05, 4.69) is 25.0 Å². The summed E-state index contributed by atoms with van der Waals surface area (Å²) in [6.45, 7) is 0. The fraction of sp³-hybridized carbons (Fsp3) is 0.409. The molecule has 2 aliphatic rings. The number of phenols is 1. The number of benzene rings is 1. The molecule has 2 aliphatic heterocycles. The molecule has 30 heavy (non-hydrogen) atoms. The van der Waals surface area contributed by atoms with Crippen molar-refractivity contribution in [3.8, 4) is 22.7 Å². The van der Waals surface area contributed by atoms with Gasteiger partial charge in [-0.25, -0.2) is 9.37 Å². The summed E-state index contributed by atoms with van der Waals surface area (Å²) < 4.78 is 16.1. The maximum atomic E-state index is 14.2. The molecule has 0 radical (unpaired) electrons. The topological polar surface area (TPSA) is 70.3 Å². The number of alkyl halides is 1. The molecular weight excluding hydrogens is 383 g/mol. The van der Waals surface area contributed by atoms with Crippen LogP contribution in [0, 0.1) is 0 Å². The van der Waals surface area contributed by atoms with Crippen LogP contribution in [0.5, 0.6) is 5.75 Å². The van der Waals surface area contributed by atoms with Crippen molar-refractivity contribution in [3.05, 3.63) is 49.1 Å². The second-order valence-corrected chi connectivity index (χ2v) is 8.32. The molecule has 0 saturated carbocycles. The van der Waals surface area contributed by atoms with Crippen molar-refractivity contribution < 1.29 is 9.50 Å². The standard InChI is InChI=1S/C22H25FN6O/c1-27-15-9-16(11-20(27)18(23)10-15)28(2)22-6-5-19(25-26-22)17-4-3-14(12-21(17)30)29-8-7-24-13-29/h3-8,12-13,15-16,18,20,30H,9-11H2,1-2H3/t15-,16+,18+,20+/m1/s1. The normalized spacial score (nSPS) is 26.1. The first-order valence-corrected chi connectivity index (χ1v) is 10.3. The Balaban J connectivity index is 1.33. The van der Waals surface area contributed by atoms with Crippen LogP contribution in [0.25, 0.3) is 16.9 Å². The molecule has 2 bridgehead atoms. The Morgan fingerprint density at radius 3 is 2.67 bits per heavy atom. The molecule has 1 aromatic carbocycles. The van der Waals surface area contributed by atoms with Crippen LogP contribution in [0.4, 0.5) is 10.2 Å². The first kappa shape index (κ1) is 19.0. The van der Waals surface area contributed by atoms with E-state index in [4.69, 9.17) is 0 Å². The molecule has 156 valence electrons. The van der Waals surface area contributed by atoms with Gasteiger partial charge in [0.2, 0.25) is 0 Å². The predicted molar refractivity (Wildman–Crippen MR) is 113 cm³/mol. The highest BCUT2D eigenvalue weighted by molar-refractivity contribution is 5.69. The van der Waals surface area contributed by atoms with Crippen LogP contribution in [0.1, 0.15) is 19.3 Å². The van der Waals surface area contributed by atoms with E-state index >= 15 is 0 Å². The third-order valence-electron chi connectivity index (χ3n) is 6.69. The van der Waals surface area contributed by atoms with Gasteiger partial charge in [-0.15, -0.1) is 10.2 Å². The zero-order valence-corrected chi connectivity index (χ0v) is 17.1. The van der Waals surface area contributed by atoms with Gasteiger partial charge >= 0.3 is 0 Å². The van der Waals surface area contributed by atoms with Gasteiger partial charge in [-0.1, -0.05) is 0 Å². The van der Waals surface area contributed by atoms with Crippen molar-refractivity contribution in [2.24, 2.45) is 0 Å². The van der Waals surface area contributed by atoms with E-state index in [1.807, 2.05) is 49.1 Å². The van der Waals surface area contributed by atoms with Gasteiger partial charge in [-0.3, -0.25) is 4.90 Å². The van der Waals surface area contributed by atoms with Crippen LogP contribution in [0.15, 0.2) is 49.1 Å². The number of hydrogen-bond acceptors (Lipinski definition) is 6. The van der Waals surface area contributed by atoms with Crippen molar-refractivity contribution >= 4 is 5.82 Å². The van der Waals surface area contributed by atoms with E-state index in [9.17, 15) is 9.50 Å². The number of aromatic hydroxyl groups is 1. The Labute approximate surface area is 174 Å². The van der Waals surface area contributed by atoms with Crippen LogP contribution in [-0.2, 0) is 0 Å². The van der Waals surface area contributed by atoms with Crippen LogP contribution in [0.2, 0.25) is 0 Å². The number of aromatic nitrogens is 4. The number of anilines is 1. The van der Waals surface area contributed by atoms with Gasteiger partial charge in [0.05, 0.1) is 17.7 Å². The number of hydrogen-bond donors (Lipinski definition) is 1. The van der Waals surface area contributed by atoms with Crippen molar-refractivity contribution in [2.45, 2.75) is 43.6 Å². The molecular formula is C22H25FN6O. The van der Waals surface area contributed by atoms with Gasteiger partial charge in [0, 0.05) is 49.2 Å². The third-order valence-corrected chi connectivity index (χ3v) is 6.69. The summed E-state index contributed by atoms with van der Waals surface area (Å²) in [5.74, 6) is 0.898. The molecule has 8 heteroatoms. The van der Waals surface area contributed by atoms with Crippen LogP contribution in [-0.4, -0.2) is 68.1 Å². The van der Waals surface area contributed by atoms with E-state index in [1.54, 1.807) is 18.6 Å². The van der Waals surface area contributed by atoms with E-state index in [0.29, 0.717) is 23.7 Å². The molecule has 7 nitrogen and oxygen atoms in total. The predicted octanol–water partition coefficient (Wildman–Crippen LogP) is 3.04. The van der Waals surface area contributed by atoms with Gasteiger partial charge in [0.25, 0.3) is 0 Å². The third kappa shape index (κ3) is 3.21. The molecule has 2 saturated heterocycles. The minimum Gasteiger partial charge on any atom is -0.507 e. The second kappa shape index (κ2) is 7.36. The summed E-state index contributed by atoms with van der Waals surface area (Å²) in [5, 5.41) is 19.2. The number of fused-ring (bicyclic) bond motifs is 2. The molecule has 1 N–H and O–H groups in total. The zero-order valence-electron chi connectivity index (χ0n) is 17.1. The van der Waals surface area contributed by atoms with Gasteiger partial charge < -0.3 is 14.6 Å². The highest BCUT2D eigenvalue weighted by Gasteiger charge is 2.46. The molecule has 5 rings (SSSR count). The smallest absolute Gasteiger partial charge is 0.151 e. The van der Waals surface area contributed by atoms with Crippen molar-refractivity contribution in [2.75, 3.05) is 19.0 Å². The molecule has 0 amide bonds. The molecule has 0 spiro atoms. The minimum atomic E-state index is -0.736. The largest absolute Gasteiger partial charge is 0.507 e. The van der Waals surface area contributed by atoms with Crippen LogP contribution < -0.4 is 4.90 Å². The molecule has 2 fully saturated rings. The molecule has 4 atom stereocenters. The summed E-state index contributed by atoms with van der Waals surface area (Å²) in [4.78, 5) is 8.34. The molecule has 3 aromatic rings. The quantitative estimate of drug-likeness (QED) is 0.716. The average Bonchev–Trinajstić information content (AvgIpc) is 3.33. The van der Waals surface area contributed by atoms with E-state index in [-0.39, 0.29) is 17.8 Å². The van der Waals surface area contributed by atoms with Crippen LogP contribution in [0.3, 0.4) is 0 Å². The minimum absolute atomic E-state index is 0.00519. The number of rotatable bonds is 4. The summed E-state index contributed by atoms with van der Waals surface area (Å²) >= 11 is 0. The summed E-state index contributed by atoms with van der Waals surface area (Å²) in [7, 11) is 4.04. The fourth-order valence-corrected chi connectivity index (χ4v) is 4.84. The van der Waals surface area contributed by atoms with Gasteiger partial charge in [0.1, 0.15) is 11.9 Å². The number of phenolic OH excluding ortho intramolecular Hbond substituents is 1. The summed E-state index contributed by atoms with van der Waals surface area (Å²) in [5.41, 5.74) is 2.05. The van der Waals surface area contributed by atoms with Crippen molar-refractivity contribution in [1.29, 1.82) is 0 Å². The molecule has 0 aliphatic carbocycles. The average molecular weight is 408 g/mol. The summed E-state index contributed by atoms with van der Waals surface area (Å²) in [6.07, 6.45) is 6.81. The first-order chi connectivity index (χ1) is 14.5. The lowest BCUT2D eigenvalue weighted by Gasteiger charge is -2.40. The number of halogens is 1. The lowest BCUT2D eigenvalue weighted by molar-refractivity contribution is 0.136. The van der Waals surface area contributed by atoms with Crippen molar-refractivity contribution in [3.63, 3.8) is 0 Å². The van der Waals surface area contributed by atoms with Crippen molar-refractivity contribution in [1.82, 2.24) is 24.6 Å². The highest BCUT2D eigenvalue weighted by Crippen LogP contribution is 2.38. The van der Waals surface area contributed by atoms with E-state index < -0.39 is 6.17 Å². The summed E-state index contributed by atoms with van der Waals surface area (Å²) in [6, 6.07) is 9.73. The SMILES string of the molecule is CN(c1ccc(-c2ccc(-n3ccnc3)cc2O)nn1)[C@H]1C[C@@H]2C[C@H](F)[C@H](C1)N2C. The van der Waals surface area contributed by atoms with Gasteiger partial charge in [-0.05, 0) is 50.6 Å². The maximum absolute atomic E-state index is 14.2. The van der Waals surface area contributed by atoms with E-state index in [1.165, 1.54) is 0 Å². The Morgan fingerprint density at radius 2 is 2.00 bits per heavy atom. The molecule has 4 heterocycles. The lowest BCUT2D eigenvalue weighted by Crippen LogP contribution is -2.49. The maximum Gasteiger partial charge on any atom is 0.151 e. The highest BCUT2D eigenvalue weighted by atomic mass is 19.1. The second-order valence-electron chi connectivity index (χ2n) is 8.32. The number of piperidine rings is 1. The van der Waals surface area contributed by atoms with Gasteiger partial charge in [-0.2, -0.15) is 0 Å². The molecule has 0 unspecified atom stereocenters. The fourth-order valence-electron chi connectivity index (χ4n) is 4.84. The number of imidazole rings is 1. The van der Waals surface area contributed by atoms with Crippen LogP contribution >= 0.6 is 0 Å². The number of nitrogens with zero attached hydrogens (tertiary/aromatic N) is 6. The Hall–Kier alpha value is -3.00.